The van der Waals surface area contributed by atoms with Crippen LogP contribution in [0.25, 0.3) is 0 Å². The second-order valence-corrected chi connectivity index (χ2v) is 3.55. The molecule has 0 bridgehead atoms. The molecule has 0 radical (unpaired) electrons. The Morgan fingerprint density at radius 3 is 2.73 bits per heavy atom. The number of hydrogen-bond acceptors (Lipinski definition) is 5. The molecule has 0 aromatic heterocycles. The van der Waals surface area contributed by atoms with E-state index >= 15 is 0 Å². The second kappa shape index (κ2) is 4.92. The van der Waals surface area contributed by atoms with E-state index in [2.05, 4.69) is 5.16 Å². The lowest BCUT2D eigenvalue weighted by molar-refractivity contribution is -0.0924. The van der Waals surface area contributed by atoms with E-state index in [0.29, 0.717) is 26.4 Å². The second-order valence-electron chi connectivity index (χ2n) is 3.55. The minimum atomic E-state index is -0.378. The van der Waals surface area contributed by atoms with Gasteiger partial charge in [-0.1, -0.05) is 5.16 Å². The molecule has 1 fully saturated rings. The summed E-state index contributed by atoms with van der Waals surface area (Å²) >= 11 is 0. The molecule has 0 amide bonds. The fraction of sp³-hybridized carbons (Fsp3) is 0.900. The van der Waals surface area contributed by atoms with Gasteiger partial charge in [-0.2, -0.15) is 0 Å². The lowest BCUT2D eigenvalue weighted by Gasteiger charge is -2.18. The Hall–Kier alpha value is -0.650. The largest absolute Gasteiger partial charge is 0.389 e. The summed E-state index contributed by atoms with van der Waals surface area (Å²) in [5, 5.41) is 4.04. The molecule has 0 aromatic rings. The van der Waals surface area contributed by atoms with Gasteiger partial charge >= 0.3 is 0 Å². The lowest BCUT2D eigenvalue weighted by atomic mass is 10.0. The van der Waals surface area contributed by atoms with Gasteiger partial charge < -0.3 is 19.0 Å². The summed E-state index contributed by atoms with van der Waals surface area (Å²) in [5.41, 5.74) is 0.834. The van der Waals surface area contributed by atoms with Crippen molar-refractivity contribution in [1.29, 1.82) is 0 Å². The highest BCUT2D eigenvalue weighted by Gasteiger charge is 2.43. The van der Waals surface area contributed by atoms with Crippen LogP contribution in [0.2, 0.25) is 0 Å². The van der Waals surface area contributed by atoms with Crippen molar-refractivity contribution in [2.75, 3.05) is 26.4 Å². The van der Waals surface area contributed by atoms with Crippen molar-refractivity contribution in [3.63, 3.8) is 0 Å². The van der Waals surface area contributed by atoms with Gasteiger partial charge in [0.25, 0.3) is 0 Å². The van der Waals surface area contributed by atoms with Gasteiger partial charge in [-0.25, -0.2) is 0 Å². The molecule has 0 aliphatic carbocycles. The maximum Gasteiger partial charge on any atom is 0.200 e. The first-order valence-corrected chi connectivity index (χ1v) is 5.41. The average Bonchev–Trinajstić information content (AvgIpc) is 2.78. The number of hydrogen-bond donors (Lipinski definition) is 0. The smallest absolute Gasteiger partial charge is 0.200 e. The van der Waals surface area contributed by atoms with Crippen molar-refractivity contribution < 1.29 is 19.0 Å². The summed E-state index contributed by atoms with van der Waals surface area (Å²) in [4.78, 5) is 5.27. The van der Waals surface area contributed by atoms with E-state index in [9.17, 15) is 0 Å². The maximum absolute atomic E-state index is 5.49. The predicted octanol–water partition coefficient (Wildman–Crippen LogP) is 0.787. The molecule has 2 aliphatic rings. The highest BCUT2D eigenvalue weighted by atomic mass is 16.7. The van der Waals surface area contributed by atoms with Crippen LogP contribution in [-0.2, 0) is 19.0 Å². The molecule has 5 heteroatoms. The molecule has 2 rings (SSSR count). The third-order valence-electron chi connectivity index (χ3n) is 2.58. The topological polar surface area (TPSA) is 49.3 Å². The summed E-state index contributed by atoms with van der Waals surface area (Å²) in [7, 11) is 0. The van der Waals surface area contributed by atoms with Crippen LogP contribution in [0.4, 0.5) is 0 Å². The van der Waals surface area contributed by atoms with Gasteiger partial charge in [0.05, 0.1) is 19.1 Å². The Balaban J connectivity index is 2.00. The molecule has 0 aromatic carbocycles. The minimum absolute atomic E-state index is 0.0587. The highest BCUT2D eigenvalue weighted by Crippen LogP contribution is 2.27. The average molecular weight is 215 g/mol. The van der Waals surface area contributed by atoms with E-state index < -0.39 is 0 Å². The van der Waals surface area contributed by atoms with Crippen LogP contribution in [0.1, 0.15) is 13.8 Å². The van der Waals surface area contributed by atoms with Gasteiger partial charge in [-0.15, -0.1) is 0 Å². The predicted molar refractivity (Wildman–Crippen MR) is 53.7 cm³/mol. The lowest BCUT2D eigenvalue weighted by Crippen LogP contribution is -2.34. The van der Waals surface area contributed by atoms with Crippen LogP contribution in [0.15, 0.2) is 5.16 Å². The molecule has 0 spiro atoms. The Morgan fingerprint density at radius 2 is 2.07 bits per heavy atom. The van der Waals surface area contributed by atoms with Gasteiger partial charge in [0, 0.05) is 13.2 Å². The molecular formula is C10H17NO4. The van der Waals surface area contributed by atoms with E-state index in [1.165, 1.54) is 0 Å². The van der Waals surface area contributed by atoms with Gasteiger partial charge in [0.15, 0.2) is 6.10 Å². The van der Waals surface area contributed by atoms with Crippen LogP contribution in [-0.4, -0.2) is 44.5 Å². The van der Waals surface area contributed by atoms with Gasteiger partial charge in [0.1, 0.15) is 5.71 Å². The van der Waals surface area contributed by atoms with E-state index in [4.69, 9.17) is 19.0 Å². The van der Waals surface area contributed by atoms with Crippen molar-refractivity contribution in [2.24, 2.45) is 11.1 Å². The third-order valence-corrected chi connectivity index (χ3v) is 2.58. The molecule has 2 aliphatic heterocycles. The molecule has 86 valence electrons. The summed E-state index contributed by atoms with van der Waals surface area (Å²) in [5.74, 6) is 0.202. The summed E-state index contributed by atoms with van der Waals surface area (Å²) in [6.07, 6.45) is -0.319. The van der Waals surface area contributed by atoms with Crippen molar-refractivity contribution in [1.82, 2.24) is 0 Å². The van der Waals surface area contributed by atoms with Gasteiger partial charge in [-0.3, -0.25) is 0 Å². The zero-order chi connectivity index (χ0) is 10.7. The Kier molecular flexibility index (Phi) is 3.56. The first-order valence-electron chi connectivity index (χ1n) is 5.41. The molecule has 0 N–H and O–H groups in total. The molecule has 1 saturated heterocycles. The van der Waals surface area contributed by atoms with Gasteiger partial charge in [0.2, 0.25) is 6.29 Å². The standard InChI is InChI=1S/C10H17NO4/c1-3-13-10(14-4-2)9-7-5-12-6-8(7)15-11-9/h7-8,10H,3-6H2,1-2H3/t7-,8+/m0/s1. The van der Waals surface area contributed by atoms with Crippen LogP contribution >= 0.6 is 0 Å². The number of fused-ring (bicyclic) bond motifs is 1. The Morgan fingerprint density at radius 1 is 1.33 bits per heavy atom. The van der Waals surface area contributed by atoms with E-state index in [1.54, 1.807) is 0 Å². The molecular weight excluding hydrogens is 198 g/mol. The molecule has 5 nitrogen and oxygen atoms in total. The fourth-order valence-electron chi connectivity index (χ4n) is 1.85. The Labute approximate surface area is 89.3 Å². The first kappa shape index (κ1) is 10.9. The van der Waals surface area contributed by atoms with Crippen LogP contribution in [0, 0.1) is 5.92 Å². The molecule has 2 heterocycles. The molecule has 0 saturated carbocycles. The van der Waals surface area contributed by atoms with E-state index in [-0.39, 0.29) is 18.3 Å². The number of rotatable bonds is 5. The Bertz CT molecular complexity index is 238. The van der Waals surface area contributed by atoms with Crippen molar-refractivity contribution in [3.05, 3.63) is 0 Å². The van der Waals surface area contributed by atoms with E-state index in [0.717, 1.165) is 5.71 Å². The number of ether oxygens (including phenoxy) is 3. The van der Waals surface area contributed by atoms with Gasteiger partial charge in [-0.05, 0) is 13.8 Å². The first-order chi connectivity index (χ1) is 7.36. The molecule has 0 unspecified atom stereocenters. The normalized spacial score (nSPS) is 29.1. The maximum atomic E-state index is 5.49. The monoisotopic (exact) mass is 215 g/mol. The summed E-state index contributed by atoms with van der Waals surface area (Å²) in [6.45, 7) is 6.34. The van der Waals surface area contributed by atoms with Crippen molar-refractivity contribution >= 4 is 5.71 Å². The summed E-state index contributed by atoms with van der Waals surface area (Å²) < 4.78 is 16.3. The third kappa shape index (κ3) is 2.14. The fourth-order valence-corrected chi connectivity index (χ4v) is 1.85. The molecule has 2 atom stereocenters. The van der Waals surface area contributed by atoms with Crippen LogP contribution < -0.4 is 0 Å². The quantitative estimate of drug-likeness (QED) is 0.636. The zero-order valence-corrected chi connectivity index (χ0v) is 9.14. The summed E-state index contributed by atoms with van der Waals surface area (Å²) in [6, 6.07) is 0. The number of nitrogens with zero attached hydrogens (tertiary/aromatic N) is 1. The van der Waals surface area contributed by atoms with E-state index in [1.807, 2.05) is 13.8 Å². The highest BCUT2D eigenvalue weighted by molar-refractivity contribution is 5.91. The zero-order valence-electron chi connectivity index (χ0n) is 9.14. The van der Waals surface area contributed by atoms with Crippen LogP contribution in [0.3, 0.4) is 0 Å². The SMILES string of the molecule is CCOC(OCC)C1=NO[C@@H]2COC[C@H]12. The van der Waals surface area contributed by atoms with Crippen molar-refractivity contribution in [3.8, 4) is 0 Å². The van der Waals surface area contributed by atoms with Crippen LogP contribution in [0.5, 0.6) is 0 Å². The molecule has 15 heavy (non-hydrogen) atoms. The minimum Gasteiger partial charge on any atom is -0.389 e. The number of oxime groups is 1. The van der Waals surface area contributed by atoms with Crippen molar-refractivity contribution in [2.45, 2.75) is 26.2 Å².